The SMILES string of the molecule is C=C[C@H]1O[C@@H](c2ccc(OC)cc2)O[C@H]2C/C=C\C[C@@H](CO[Si](C(C)C)(C(C)C)C(C)C)O[C@@H]21. The summed E-state index contributed by atoms with van der Waals surface area (Å²) in [4.78, 5) is 0. The first kappa shape index (κ1) is 27.1. The van der Waals surface area contributed by atoms with Crippen LogP contribution in [-0.4, -0.2) is 46.4 Å². The Hall–Kier alpha value is -1.44. The second-order valence-corrected chi connectivity index (χ2v) is 15.9. The predicted molar refractivity (Wildman–Crippen MR) is 140 cm³/mol. The van der Waals surface area contributed by atoms with Gasteiger partial charge in [0.1, 0.15) is 18.0 Å². The molecule has 0 radical (unpaired) electrons. The van der Waals surface area contributed by atoms with E-state index in [1.54, 1.807) is 7.11 Å². The molecule has 6 heteroatoms. The monoisotopic (exact) mass is 488 g/mol. The summed E-state index contributed by atoms with van der Waals surface area (Å²) in [5.74, 6) is 0.807. The zero-order valence-corrected chi connectivity index (χ0v) is 23.0. The van der Waals surface area contributed by atoms with Crippen LogP contribution in [0, 0.1) is 0 Å². The molecule has 34 heavy (non-hydrogen) atoms. The van der Waals surface area contributed by atoms with Gasteiger partial charge in [0.15, 0.2) is 14.6 Å². The van der Waals surface area contributed by atoms with E-state index >= 15 is 0 Å². The zero-order chi connectivity index (χ0) is 24.9. The van der Waals surface area contributed by atoms with Crippen molar-refractivity contribution < 1.29 is 23.4 Å². The van der Waals surface area contributed by atoms with Crippen LogP contribution in [0.2, 0.25) is 16.6 Å². The average Bonchev–Trinajstić information content (AvgIpc) is 2.79. The Morgan fingerprint density at radius 2 is 1.56 bits per heavy atom. The highest BCUT2D eigenvalue weighted by atomic mass is 28.4. The van der Waals surface area contributed by atoms with Crippen LogP contribution in [0.5, 0.6) is 5.75 Å². The van der Waals surface area contributed by atoms with E-state index in [1.807, 2.05) is 30.3 Å². The fourth-order valence-electron chi connectivity index (χ4n) is 5.76. The predicted octanol–water partition coefficient (Wildman–Crippen LogP) is 6.96. The molecule has 0 unspecified atom stereocenters. The molecule has 2 aliphatic heterocycles. The minimum atomic E-state index is -1.97. The van der Waals surface area contributed by atoms with E-state index in [-0.39, 0.29) is 24.4 Å². The molecule has 1 saturated heterocycles. The van der Waals surface area contributed by atoms with Crippen molar-refractivity contribution in [2.24, 2.45) is 0 Å². The lowest BCUT2D eigenvalue weighted by Crippen LogP contribution is -2.52. The van der Waals surface area contributed by atoms with Gasteiger partial charge >= 0.3 is 0 Å². The molecule has 0 aromatic heterocycles. The molecule has 5 atom stereocenters. The highest BCUT2D eigenvalue weighted by Gasteiger charge is 2.46. The summed E-state index contributed by atoms with van der Waals surface area (Å²) in [6, 6.07) is 7.81. The smallest absolute Gasteiger partial charge is 0.200 e. The third-order valence-corrected chi connectivity index (χ3v) is 13.5. The maximum Gasteiger partial charge on any atom is 0.200 e. The van der Waals surface area contributed by atoms with Gasteiger partial charge in [-0.25, -0.2) is 0 Å². The van der Waals surface area contributed by atoms with Crippen LogP contribution in [0.4, 0.5) is 0 Å². The van der Waals surface area contributed by atoms with E-state index in [1.165, 1.54) is 0 Å². The molecule has 0 bridgehead atoms. The van der Waals surface area contributed by atoms with Crippen molar-refractivity contribution in [1.29, 1.82) is 0 Å². The summed E-state index contributed by atoms with van der Waals surface area (Å²) in [6.45, 7) is 18.5. The topological polar surface area (TPSA) is 46.2 Å². The molecule has 0 saturated carbocycles. The molecule has 2 aliphatic rings. The van der Waals surface area contributed by atoms with Crippen LogP contribution in [0.25, 0.3) is 0 Å². The Labute approximate surface area is 207 Å². The van der Waals surface area contributed by atoms with E-state index in [0.29, 0.717) is 23.2 Å². The Bertz CT molecular complexity index is 782. The number of ether oxygens (including phenoxy) is 4. The minimum Gasteiger partial charge on any atom is -0.497 e. The van der Waals surface area contributed by atoms with Gasteiger partial charge in [0.25, 0.3) is 0 Å². The number of hydrogen-bond donors (Lipinski definition) is 0. The molecule has 0 aliphatic carbocycles. The highest BCUT2D eigenvalue weighted by Crippen LogP contribution is 2.43. The van der Waals surface area contributed by atoms with Gasteiger partial charge in [-0.3, -0.25) is 0 Å². The van der Waals surface area contributed by atoms with Gasteiger partial charge in [-0.05, 0) is 41.6 Å². The van der Waals surface area contributed by atoms with Crippen LogP contribution in [0.1, 0.15) is 66.2 Å². The standard InChI is InChI=1S/C28H44O5Si/c1-9-25-27-26(33-28(32-25)22-14-16-23(29-8)17-15-22)13-11-10-12-24(31-27)18-30-34(19(2)3,20(4)5)21(6)7/h9-11,14-17,19-21,24-28H,1,12-13,18H2,2-8H3/b11-10-/t24-,25+,26-,27+,28+/m0/s1. The fraction of sp³-hybridized carbons (Fsp3) is 0.643. The van der Waals surface area contributed by atoms with Crippen molar-refractivity contribution in [3.05, 3.63) is 54.6 Å². The van der Waals surface area contributed by atoms with Gasteiger partial charge in [-0.2, -0.15) is 0 Å². The molecule has 2 heterocycles. The van der Waals surface area contributed by atoms with Gasteiger partial charge in [-0.1, -0.05) is 71.9 Å². The lowest BCUT2D eigenvalue weighted by atomic mass is 9.99. The van der Waals surface area contributed by atoms with E-state index in [4.69, 9.17) is 23.4 Å². The first-order chi connectivity index (χ1) is 16.2. The Morgan fingerprint density at radius 3 is 2.12 bits per heavy atom. The summed E-state index contributed by atoms with van der Waals surface area (Å²) in [5.41, 5.74) is 2.57. The molecule has 3 rings (SSSR count). The third-order valence-electron chi connectivity index (χ3n) is 7.40. The molecular formula is C28H44O5Si. The van der Waals surface area contributed by atoms with Crippen LogP contribution < -0.4 is 4.74 Å². The summed E-state index contributed by atoms with van der Waals surface area (Å²) in [5, 5.41) is 0. The van der Waals surface area contributed by atoms with Crippen molar-refractivity contribution in [3.8, 4) is 5.75 Å². The maximum absolute atomic E-state index is 6.87. The molecule has 5 nitrogen and oxygen atoms in total. The van der Waals surface area contributed by atoms with Crippen molar-refractivity contribution in [1.82, 2.24) is 0 Å². The minimum absolute atomic E-state index is 0.0423. The summed E-state index contributed by atoms with van der Waals surface area (Å²) in [6.07, 6.45) is 6.75. The first-order valence-electron chi connectivity index (χ1n) is 12.7. The summed E-state index contributed by atoms with van der Waals surface area (Å²) < 4.78 is 31.5. The number of fused-ring (bicyclic) bond motifs is 1. The van der Waals surface area contributed by atoms with Crippen molar-refractivity contribution in [2.45, 2.75) is 102 Å². The molecular weight excluding hydrogens is 444 g/mol. The summed E-state index contributed by atoms with van der Waals surface area (Å²) >= 11 is 0. The second kappa shape index (κ2) is 12.0. The average molecular weight is 489 g/mol. The molecule has 1 aromatic rings. The largest absolute Gasteiger partial charge is 0.497 e. The van der Waals surface area contributed by atoms with Gasteiger partial charge < -0.3 is 23.4 Å². The Kier molecular flexibility index (Phi) is 9.58. The van der Waals surface area contributed by atoms with Crippen LogP contribution in [0.3, 0.4) is 0 Å². The number of hydrogen-bond acceptors (Lipinski definition) is 5. The maximum atomic E-state index is 6.87. The van der Waals surface area contributed by atoms with Crippen molar-refractivity contribution >= 4 is 8.32 Å². The van der Waals surface area contributed by atoms with Crippen LogP contribution in [0.15, 0.2) is 49.1 Å². The second-order valence-electron chi connectivity index (χ2n) is 10.4. The quantitative estimate of drug-likeness (QED) is 0.278. The third kappa shape index (κ3) is 5.85. The fourth-order valence-corrected chi connectivity index (χ4v) is 11.2. The molecule has 1 aromatic carbocycles. The van der Waals surface area contributed by atoms with Gasteiger partial charge in [-0.15, -0.1) is 6.58 Å². The van der Waals surface area contributed by atoms with Gasteiger partial charge in [0.2, 0.25) is 0 Å². The molecule has 0 amide bonds. The zero-order valence-electron chi connectivity index (χ0n) is 22.0. The van der Waals surface area contributed by atoms with Crippen molar-refractivity contribution in [3.63, 3.8) is 0 Å². The van der Waals surface area contributed by atoms with E-state index in [2.05, 4.69) is 60.3 Å². The number of rotatable bonds is 9. The van der Waals surface area contributed by atoms with Crippen molar-refractivity contribution in [2.75, 3.05) is 13.7 Å². The lowest BCUT2D eigenvalue weighted by molar-refractivity contribution is -0.293. The highest BCUT2D eigenvalue weighted by molar-refractivity contribution is 6.77. The summed E-state index contributed by atoms with van der Waals surface area (Å²) in [7, 11) is -0.307. The van der Waals surface area contributed by atoms with Crippen LogP contribution >= 0.6 is 0 Å². The molecule has 0 N–H and O–H groups in total. The van der Waals surface area contributed by atoms with E-state index < -0.39 is 14.6 Å². The molecule has 1 fully saturated rings. The molecule has 190 valence electrons. The number of benzene rings is 1. The Balaban J connectivity index is 1.75. The van der Waals surface area contributed by atoms with E-state index in [0.717, 1.165) is 24.2 Å². The van der Waals surface area contributed by atoms with Gasteiger partial charge in [0, 0.05) is 5.56 Å². The lowest BCUT2D eigenvalue weighted by Gasteiger charge is -2.45. The first-order valence-corrected chi connectivity index (χ1v) is 14.9. The normalized spacial score (nSPS) is 28.9. The van der Waals surface area contributed by atoms with Crippen LogP contribution in [-0.2, 0) is 18.6 Å². The Morgan fingerprint density at radius 1 is 0.941 bits per heavy atom. The molecule has 0 spiro atoms. The van der Waals surface area contributed by atoms with E-state index in [9.17, 15) is 0 Å². The number of methoxy groups -OCH3 is 1. The van der Waals surface area contributed by atoms with Gasteiger partial charge in [0.05, 0.1) is 25.9 Å².